The summed E-state index contributed by atoms with van der Waals surface area (Å²) in [5, 5.41) is 4.12. The minimum Gasteiger partial charge on any atom is -0.374 e. The highest BCUT2D eigenvalue weighted by Crippen LogP contribution is 2.11. The van der Waals surface area contributed by atoms with E-state index in [0.29, 0.717) is 25.3 Å². The fourth-order valence-corrected chi connectivity index (χ4v) is 3.14. The standard InChI is InChI=1S/C17H20N6O2/c1-13-2-3-16-20-14(6-17(24)23(16)7-13)8-21-4-5-25-15(9-21)10-22-12-18-11-19-22/h2-3,6-7,11-12,15H,4-5,8-10H2,1H3/t15-/m0/s1. The number of pyridine rings is 1. The number of hydrogen-bond donors (Lipinski definition) is 0. The molecular formula is C17H20N6O2. The van der Waals surface area contributed by atoms with Crippen LogP contribution in [0.5, 0.6) is 0 Å². The maximum absolute atomic E-state index is 12.3. The summed E-state index contributed by atoms with van der Waals surface area (Å²) in [5.74, 6) is 0. The lowest BCUT2D eigenvalue weighted by Gasteiger charge is -2.32. The van der Waals surface area contributed by atoms with Gasteiger partial charge in [0.25, 0.3) is 5.56 Å². The van der Waals surface area contributed by atoms with Gasteiger partial charge in [0, 0.05) is 31.9 Å². The van der Waals surface area contributed by atoms with E-state index in [-0.39, 0.29) is 11.7 Å². The van der Waals surface area contributed by atoms with Gasteiger partial charge in [0.05, 0.1) is 24.9 Å². The Hall–Kier alpha value is -2.58. The van der Waals surface area contributed by atoms with Crippen LogP contribution < -0.4 is 5.56 Å². The maximum Gasteiger partial charge on any atom is 0.258 e. The molecule has 8 heteroatoms. The first-order chi connectivity index (χ1) is 12.2. The molecule has 0 N–H and O–H groups in total. The minimum atomic E-state index is -0.0453. The van der Waals surface area contributed by atoms with Crippen LogP contribution in [0, 0.1) is 6.92 Å². The van der Waals surface area contributed by atoms with Crippen molar-refractivity contribution in [3.8, 4) is 0 Å². The van der Waals surface area contributed by atoms with Crippen LogP contribution in [0.15, 0.2) is 41.8 Å². The van der Waals surface area contributed by atoms with Gasteiger partial charge in [-0.2, -0.15) is 5.10 Å². The van der Waals surface area contributed by atoms with Gasteiger partial charge in [-0.05, 0) is 18.6 Å². The molecular weight excluding hydrogens is 320 g/mol. The zero-order chi connectivity index (χ0) is 17.2. The third-order valence-corrected chi connectivity index (χ3v) is 4.33. The van der Waals surface area contributed by atoms with Gasteiger partial charge in [0.15, 0.2) is 0 Å². The highest BCUT2D eigenvalue weighted by Gasteiger charge is 2.21. The third-order valence-electron chi connectivity index (χ3n) is 4.33. The van der Waals surface area contributed by atoms with Gasteiger partial charge in [-0.1, -0.05) is 6.07 Å². The van der Waals surface area contributed by atoms with E-state index >= 15 is 0 Å². The van der Waals surface area contributed by atoms with E-state index in [2.05, 4.69) is 20.0 Å². The fourth-order valence-electron chi connectivity index (χ4n) is 3.14. The molecule has 0 spiro atoms. The Balaban J connectivity index is 1.48. The molecule has 0 amide bonds. The first kappa shape index (κ1) is 15.9. The van der Waals surface area contributed by atoms with Crippen LogP contribution in [0.3, 0.4) is 0 Å². The lowest BCUT2D eigenvalue weighted by molar-refractivity contribution is -0.0405. The first-order valence-corrected chi connectivity index (χ1v) is 8.33. The number of ether oxygens (including phenoxy) is 1. The molecule has 0 aliphatic carbocycles. The van der Waals surface area contributed by atoms with Gasteiger partial charge >= 0.3 is 0 Å². The molecule has 3 aromatic heterocycles. The normalized spacial score (nSPS) is 18.7. The molecule has 1 saturated heterocycles. The maximum atomic E-state index is 12.3. The number of nitrogens with zero attached hydrogens (tertiary/aromatic N) is 6. The Morgan fingerprint density at radius 1 is 1.36 bits per heavy atom. The number of aryl methyl sites for hydroxylation is 1. The van der Waals surface area contributed by atoms with Crippen molar-refractivity contribution in [2.75, 3.05) is 19.7 Å². The lowest BCUT2D eigenvalue weighted by Crippen LogP contribution is -2.44. The molecule has 1 aliphatic rings. The van der Waals surface area contributed by atoms with Crippen molar-refractivity contribution in [1.29, 1.82) is 0 Å². The quantitative estimate of drug-likeness (QED) is 0.688. The predicted octanol–water partition coefficient (Wildman–Crippen LogP) is 0.495. The van der Waals surface area contributed by atoms with Crippen molar-refractivity contribution in [3.63, 3.8) is 0 Å². The molecule has 25 heavy (non-hydrogen) atoms. The van der Waals surface area contributed by atoms with Crippen molar-refractivity contribution in [3.05, 3.63) is 58.7 Å². The van der Waals surface area contributed by atoms with E-state index < -0.39 is 0 Å². The summed E-state index contributed by atoms with van der Waals surface area (Å²) in [6.07, 6.45) is 5.09. The SMILES string of the molecule is Cc1ccc2nc(CN3CCO[C@H](Cn4cncn4)C3)cc(=O)n2c1. The molecule has 0 radical (unpaired) electrons. The molecule has 8 nitrogen and oxygen atoms in total. The number of morpholine rings is 1. The van der Waals surface area contributed by atoms with Gasteiger partial charge in [-0.3, -0.25) is 18.8 Å². The second kappa shape index (κ2) is 6.73. The fraction of sp³-hybridized carbons (Fsp3) is 0.412. The summed E-state index contributed by atoms with van der Waals surface area (Å²) >= 11 is 0. The molecule has 0 saturated carbocycles. The molecule has 0 unspecified atom stereocenters. The molecule has 0 bridgehead atoms. The van der Waals surface area contributed by atoms with Crippen molar-refractivity contribution in [1.82, 2.24) is 29.0 Å². The Kier molecular flexibility index (Phi) is 4.29. The van der Waals surface area contributed by atoms with Crippen LogP contribution in [0.2, 0.25) is 0 Å². The van der Waals surface area contributed by atoms with Gasteiger partial charge in [0.1, 0.15) is 18.3 Å². The molecule has 3 aromatic rings. The predicted molar refractivity (Wildman–Crippen MR) is 91.2 cm³/mol. The Labute approximate surface area is 144 Å². The molecule has 1 aliphatic heterocycles. The number of aromatic nitrogens is 5. The zero-order valence-corrected chi connectivity index (χ0v) is 14.1. The topological polar surface area (TPSA) is 77.6 Å². The van der Waals surface area contributed by atoms with Crippen LogP contribution in [-0.4, -0.2) is 54.8 Å². The van der Waals surface area contributed by atoms with Crippen molar-refractivity contribution in [2.24, 2.45) is 0 Å². The molecule has 1 atom stereocenters. The van der Waals surface area contributed by atoms with E-state index in [1.807, 2.05) is 25.3 Å². The highest BCUT2D eigenvalue weighted by atomic mass is 16.5. The van der Waals surface area contributed by atoms with Crippen molar-refractivity contribution < 1.29 is 4.74 Å². The van der Waals surface area contributed by atoms with Crippen LogP contribution in [0.1, 0.15) is 11.3 Å². The van der Waals surface area contributed by atoms with Gasteiger partial charge < -0.3 is 4.74 Å². The second-order valence-corrected chi connectivity index (χ2v) is 6.37. The summed E-state index contributed by atoms with van der Waals surface area (Å²) in [6, 6.07) is 5.47. The summed E-state index contributed by atoms with van der Waals surface area (Å²) in [5.41, 5.74) is 2.46. The van der Waals surface area contributed by atoms with E-state index in [0.717, 1.165) is 24.3 Å². The average molecular weight is 340 g/mol. The van der Waals surface area contributed by atoms with Gasteiger partial charge in [-0.15, -0.1) is 0 Å². The number of fused-ring (bicyclic) bond motifs is 1. The minimum absolute atomic E-state index is 0.0453. The van der Waals surface area contributed by atoms with Crippen LogP contribution in [0.25, 0.3) is 5.65 Å². The Bertz CT molecular complexity index is 921. The summed E-state index contributed by atoms with van der Waals surface area (Å²) < 4.78 is 9.17. The smallest absolute Gasteiger partial charge is 0.258 e. The van der Waals surface area contributed by atoms with Crippen molar-refractivity contribution in [2.45, 2.75) is 26.1 Å². The molecule has 4 rings (SSSR count). The van der Waals surface area contributed by atoms with Crippen LogP contribution >= 0.6 is 0 Å². The second-order valence-electron chi connectivity index (χ2n) is 6.37. The number of rotatable bonds is 4. The monoisotopic (exact) mass is 340 g/mol. The number of hydrogen-bond acceptors (Lipinski definition) is 6. The average Bonchev–Trinajstić information content (AvgIpc) is 3.09. The summed E-state index contributed by atoms with van der Waals surface area (Å²) in [4.78, 5) is 23.2. The summed E-state index contributed by atoms with van der Waals surface area (Å²) in [6.45, 7) is 5.52. The van der Waals surface area contributed by atoms with Crippen LogP contribution in [-0.2, 0) is 17.8 Å². The van der Waals surface area contributed by atoms with E-state index in [4.69, 9.17) is 4.74 Å². The Morgan fingerprint density at radius 2 is 2.28 bits per heavy atom. The lowest BCUT2D eigenvalue weighted by atomic mass is 10.2. The van der Waals surface area contributed by atoms with Gasteiger partial charge in [-0.25, -0.2) is 9.97 Å². The third kappa shape index (κ3) is 3.59. The Morgan fingerprint density at radius 3 is 3.12 bits per heavy atom. The van der Waals surface area contributed by atoms with E-state index in [1.165, 1.54) is 6.33 Å². The molecule has 0 aromatic carbocycles. The van der Waals surface area contributed by atoms with Crippen molar-refractivity contribution >= 4 is 5.65 Å². The molecule has 130 valence electrons. The van der Waals surface area contributed by atoms with Crippen LogP contribution in [0.4, 0.5) is 0 Å². The molecule has 1 fully saturated rings. The first-order valence-electron chi connectivity index (χ1n) is 8.33. The molecule has 4 heterocycles. The highest BCUT2D eigenvalue weighted by molar-refractivity contribution is 5.39. The largest absolute Gasteiger partial charge is 0.374 e. The summed E-state index contributed by atoms with van der Waals surface area (Å²) in [7, 11) is 0. The van der Waals surface area contributed by atoms with E-state index in [9.17, 15) is 4.79 Å². The zero-order valence-electron chi connectivity index (χ0n) is 14.1. The van der Waals surface area contributed by atoms with Gasteiger partial charge in [0.2, 0.25) is 0 Å². The van der Waals surface area contributed by atoms with E-state index in [1.54, 1.807) is 21.5 Å².